The van der Waals surface area contributed by atoms with E-state index in [2.05, 4.69) is 26.2 Å². The topological polar surface area (TPSA) is 42.0 Å². The number of aromatic nitrogens is 1. The van der Waals surface area contributed by atoms with Gasteiger partial charge in [-0.3, -0.25) is 9.78 Å². The molecular formula is C15H15BrN2O. The molecule has 0 unspecified atom stereocenters. The molecule has 0 bridgehead atoms. The summed E-state index contributed by atoms with van der Waals surface area (Å²) in [6, 6.07) is 7.64. The molecule has 1 N–H and O–H groups in total. The predicted molar refractivity (Wildman–Crippen MR) is 80.5 cm³/mol. The summed E-state index contributed by atoms with van der Waals surface area (Å²) in [6.45, 7) is 5.86. The molecule has 0 aliphatic carbocycles. The third-order valence-electron chi connectivity index (χ3n) is 2.77. The van der Waals surface area contributed by atoms with E-state index in [-0.39, 0.29) is 5.91 Å². The molecule has 0 saturated carbocycles. The second-order valence-corrected chi connectivity index (χ2v) is 5.48. The van der Waals surface area contributed by atoms with Gasteiger partial charge in [0.2, 0.25) is 0 Å². The Kier molecular flexibility index (Phi) is 4.00. The number of aryl methyl sites for hydroxylation is 3. The minimum atomic E-state index is -0.121. The highest BCUT2D eigenvalue weighted by Crippen LogP contribution is 2.19. The number of nitrogens with one attached hydrogen (secondary N) is 1. The minimum Gasteiger partial charge on any atom is -0.321 e. The highest BCUT2D eigenvalue weighted by Gasteiger charge is 2.08. The van der Waals surface area contributed by atoms with Crippen molar-refractivity contribution in [2.45, 2.75) is 20.8 Å². The largest absolute Gasteiger partial charge is 0.321 e. The van der Waals surface area contributed by atoms with Crippen molar-refractivity contribution >= 4 is 27.5 Å². The zero-order valence-electron chi connectivity index (χ0n) is 11.1. The number of amides is 1. The number of benzene rings is 1. The van der Waals surface area contributed by atoms with Gasteiger partial charge in [-0.2, -0.15) is 0 Å². The molecule has 2 rings (SSSR count). The fourth-order valence-corrected chi connectivity index (χ4v) is 2.23. The molecule has 0 aliphatic heterocycles. The Morgan fingerprint density at radius 2 is 1.74 bits per heavy atom. The average Bonchev–Trinajstić information content (AvgIpc) is 2.32. The third-order valence-corrected chi connectivity index (χ3v) is 3.57. The molecule has 3 nitrogen and oxygen atoms in total. The van der Waals surface area contributed by atoms with Crippen LogP contribution in [0.4, 0.5) is 5.69 Å². The Balaban J connectivity index is 2.22. The molecule has 4 heteroatoms. The van der Waals surface area contributed by atoms with Crippen molar-refractivity contribution in [3.05, 3.63) is 57.3 Å². The van der Waals surface area contributed by atoms with E-state index < -0.39 is 0 Å². The third kappa shape index (κ3) is 3.41. The first-order valence-corrected chi connectivity index (χ1v) is 6.77. The van der Waals surface area contributed by atoms with E-state index in [1.807, 2.05) is 45.0 Å². The molecule has 1 aromatic heterocycles. The summed E-state index contributed by atoms with van der Waals surface area (Å²) >= 11 is 3.40. The lowest BCUT2D eigenvalue weighted by atomic mass is 10.1. The van der Waals surface area contributed by atoms with Gasteiger partial charge in [0.25, 0.3) is 5.91 Å². The van der Waals surface area contributed by atoms with Gasteiger partial charge in [0, 0.05) is 10.0 Å². The van der Waals surface area contributed by atoms with E-state index in [0.29, 0.717) is 11.3 Å². The van der Waals surface area contributed by atoms with Gasteiger partial charge in [-0.15, -0.1) is 0 Å². The standard InChI is InChI=1S/C15H15BrN2O/c1-9-4-10(2)6-12(5-9)15(19)18-13-7-14(16)11(3)17-8-13/h4-8H,1-3H3,(H,18,19). The fourth-order valence-electron chi connectivity index (χ4n) is 1.88. The molecule has 2 aromatic rings. The monoisotopic (exact) mass is 318 g/mol. The van der Waals surface area contributed by atoms with Crippen LogP contribution in [0.15, 0.2) is 34.9 Å². The van der Waals surface area contributed by atoms with E-state index in [4.69, 9.17) is 0 Å². The average molecular weight is 319 g/mol. The van der Waals surface area contributed by atoms with Crippen LogP contribution in [-0.2, 0) is 0 Å². The first-order chi connectivity index (χ1) is 8.95. The number of carbonyl (C=O) groups excluding carboxylic acids is 1. The van der Waals surface area contributed by atoms with Crippen LogP contribution in [0.3, 0.4) is 0 Å². The maximum Gasteiger partial charge on any atom is 0.255 e. The fraction of sp³-hybridized carbons (Fsp3) is 0.200. The maximum absolute atomic E-state index is 12.2. The number of hydrogen-bond donors (Lipinski definition) is 1. The summed E-state index contributed by atoms with van der Waals surface area (Å²) in [7, 11) is 0. The zero-order chi connectivity index (χ0) is 14.0. The molecule has 0 saturated heterocycles. The first kappa shape index (κ1) is 13.7. The van der Waals surface area contributed by atoms with Crippen molar-refractivity contribution in [1.82, 2.24) is 4.98 Å². The Morgan fingerprint density at radius 3 is 2.32 bits per heavy atom. The number of hydrogen-bond acceptors (Lipinski definition) is 2. The van der Waals surface area contributed by atoms with Gasteiger partial charge in [-0.25, -0.2) is 0 Å². The highest BCUT2D eigenvalue weighted by molar-refractivity contribution is 9.10. The Labute approximate surface area is 121 Å². The van der Waals surface area contributed by atoms with Crippen molar-refractivity contribution in [2.24, 2.45) is 0 Å². The summed E-state index contributed by atoms with van der Waals surface area (Å²) in [5.74, 6) is -0.121. The number of nitrogens with zero attached hydrogens (tertiary/aromatic N) is 1. The summed E-state index contributed by atoms with van der Waals surface area (Å²) in [5.41, 5.74) is 4.39. The van der Waals surface area contributed by atoms with Gasteiger partial charge >= 0.3 is 0 Å². The molecule has 1 aromatic carbocycles. The van der Waals surface area contributed by atoms with E-state index >= 15 is 0 Å². The molecule has 0 aliphatic rings. The SMILES string of the molecule is Cc1cc(C)cc(C(=O)Nc2cnc(C)c(Br)c2)c1. The Morgan fingerprint density at radius 1 is 1.11 bits per heavy atom. The quantitative estimate of drug-likeness (QED) is 0.908. The van der Waals surface area contributed by atoms with Crippen LogP contribution in [0, 0.1) is 20.8 Å². The molecule has 1 heterocycles. The second-order valence-electron chi connectivity index (χ2n) is 4.62. The van der Waals surface area contributed by atoms with Crippen molar-refractivity contribution < 1.29 is 4.79 Å². The van der Waals surface area contributed by atoms with Crippen molar-refractivity contribution in [2.75, 3.05) is 5.32 Å². The summed E-state index contributed by atoms with van der Waals surface area (Å²) in [4.78, 5) is 16.4. The van der Waals surface area contributed by atoms with Gasteiger partial charge in [0.15, 0.2) is 0 Å². The normalized spacial score (nSPS) is 10.3. The predicted octanol–water partition coefficient (Wildman–Crippen LogP) is 4.02. The van der Waals surface area contributed by atoms with E-state index in [1.54, 1.807) is 6.20 Å². The lowest BCUT2D eigenvalue weighted by Crippen LogP contribution is -2.12. The molecule has 19 heavy (non-hydrogen) atoms. The summed E-state index contributed by atoms with van der Waals surface area (Å²) < 4.78 is 0.880. The van der Waals surface area contributed by atoms with Crippen LogP contribution in [0.25, 0.3) is 0 Å². The Bertz CT molecular complexity index is 618. The van der Waals surface area contributed by atoms with Crippen LogP contribution < -0.4 is 5.32 Å². The molecule has 0 fully saturated rings. The number of rotatable bonds is 2. The van der Waals surface area contributed by atoms with Gasteiger partial charge in [-0.1, -0.05) is 17.2 Å². The van der Waals surface area contributed by atoms with Gasteiger partial charge < -0.3 is 5.32 Å². The van der Waals surface area contributed by atoms with E-state index in [9.17, 15) is 4.79 Å². The van der Waals surface area contributed by atoms with Crippen LogP contribution in [0.1, 0.15) is 27.2 Å². The molecule has 0 radical (unpaired) electrons. The Hall–Kier alpha value is -1.68. The van der Waals surface area contributed by atoms with Crippen molar-refractivity contribution in [3.8, 4) is 0 Å². The molecule has 0 atom stereocenters. The van der Waals surface area contributed by atoms with Crippen LogP contribution in [0.5, 0.6) is 0 Å². The highest BCUT2D eigenvalue weighted by atomic mass is 79.9. The lowest BCUT2D eigenvalue weighted by Gasteiger charge is -2.08. The summed E-state index contributed by atoms with van der Waals surface area (Å²) in [6.07, 6.45) is 1.65. The number of halogens is 1. The lowest BCUT2D eigenvalue weighted by molar-refractivity contribution is 0.102. The number of carbonyl (C=O) groups is 1. The first-order valence-electron chi connectivity index (χ1n) is 5.97. The van der Waals surface area contributed by atoms with Crippen molar-refractivity contribution in [3.63, 3.8) is 0 Å². The van der Waals surface area contributed by atoms with Crippen molar-refractivity contribution in [1.29, 1.82) is 0 Å². The molecule has 1 amide bonds. The van der Waals surface area contributed by atoms with Gasteiger partial charge in [0.1, 0.15) is 0 Å². The second kappa shape index (κ2) is 5.53. The van der Waals surface area contributed by atoms with E-state index in [0.717, 1.165) is 21.3 Å². The molecular weight excluding hydrogens is 304 g/mol. The van der Waals surface area contributed by atoms with Crippen LogP contribution >= 0.6 is 15.9 Å². The molecule has 0 spiro atoms. The van der Waals surface area contributed by atoms with Crippen LogP contribution in [0.2, 0.25) is 0 Å². The van der Waals surface area contributed by atoms with Gasteiger partial charge in [0.05, 0.1) is 17.6 Å². The van der Waals surface area contributed by atoms with E-state index in [1.165, 1.54) is 0 Å². The van der Waals surface area contributed by atoms with Gasteiger partial charge in [-0.05, 0) is 54.9 Å². The van der Waals surface area contributed by atoms with Crippen LogP contribution in [-0.4, -0.2) is 10.9 Å². The smallest absolute Gasteiger partial charge is 0.255 e. The molecule has 98 valence electrons. The number of pyridine rings is 1. The zero-order valence-corrected chi connectivity index (χ0v) is 12.7. The number of anilines is 1. The minimum absolute atomic E-state index is 0.121. The maximum atomic E-state index is 12.2. The summed E-state index contributed by atoms with van der Waals surface area (Å²) in [5, 5.41) is 2.85.